The topological polar surface area (TPSA) is 41.6 Å². The largest absolute Gasteiger partial charge is 0.416 e. The number of hydrogen-bond donors (Lipinski definition) is 1. The summed E-state index contributed by atoms with van der Waals surface area (Å²) in [6.07, 6.45) is -2.35. The third-order valence-electron chi connectivity index (χ3n) is 3.15. The van der Waals surface area contributed by atoms with Crippen molar-refractivity contribution < 1.29 is 13.2 Å². The number of nitrogens with zero attached hydrogens (tertiary/aromatic N) is 2. The lowest BCUT2D eigenvalue weighted by Gasteiger charge is -2.21. The predicted molar refractivity (Wildman–Crippen MR) is 74.9 cm³/mol. The highest BCUT2D eigenvalue weighted by molar-refractivity contribution is 6.28. The normalized spacial score (nSPS) is 16.8. The summed E-state index contributed by atoms with van der Waals surface area (Å²) in [6.45, 7) is 1.63. The molecule has 0 bridgehead atoms. The van der Waals surface area contributed by atoms with E-state index in [1.807, 2.05) is 4.90 Å². The summed E-state index contributed by atoms with van der Waals surface area (Å²) < 4.78 is 38.3. The molecule has 0 saturated carbocycles. The Morgan fingerprint density at radius 1 is 1.30 bits per heavy atom. The van der Waals surface area contributed by atoms with Gasteiger partial charge in [-0.3, -0.25) is 0 Å². The highest BCUT2D eigenvalue weighted by Crippen LogP contribution is 2.37. The van der Waals surface area contributed by atoms with Crippen LogP contribution in [-0.4, -0.2) is 24.8 Å². The number of halogens is 4. The fourth-order valence-corrected chi connectivity index (χ4v) is 2.26. The summed E-state index contributed by atoms with van der Waals surface area (Å²) in [6, 6.07) is 3.55. The maximum atomic E-state index is 12.8. The standard InChI is InChI=1S/C13H15ClF3N3/c14-8-12(18)19-10-7-9(13(15,16)17)3-4-11(10)20-5-1-2-6-20/h3-4,7H,1-2,5-6,8H2,(H2,18,19). The maximum Gasteiger partial charge on any atom is 0.416 e. The van der Waals surface area contributed by atoms with Crippen LogP contribution in [-0.2, 0) is 6.18 Å². The minimum absolute atomic E-state index is 0.0182. The molecule has 2 N–H and O–H groups in total. The first-order valence-electron chi connectivity index (χ1n) is 6.27. The van der Waals surface area contributed by atoms with Crippen molar-refractivity contribution >= 4 is 28.8 Å². The molecule has 0 spiro atoms. The summed E-state index contributed by atoms with van der Waals surface area (Å²) in [7, 11) is 0. The SMILES string of the molecule is NC(CCl)=Nc1cc(C(F)(F)F)ccc1N1CCCC1. The molecule has 0 aliphatic carbocycles. The van der Waals surface area contributed by atoms with Crippen molar-refractivity contribution in [1.82, 2.24) is 0 Å². The minimum atomic E-state index is -4.40. The van der Waals surface area contributed by atoms with Gasteiger partial charge in [-0.1, -0.05) is 0 Å². The third kappa shape index (κ3) is 3.36. The van der Waals surface area contributed by atoms with Crippen molar-refractivity contribution in [3.63, 3.8) is 0 Å². The van der Waals surface area contributed by atoms with Gasteiger partial charge in [-0.2, -0.15) is 13.2 Å². The van der Waals surface area contributed by atoms with Crippen LogP contribution in [0, 0.1) is 0 Å². The van der Waals surface area contributed by atoms with Gasteiger partial charge < -0.3 is 10.6 Å². The highest BCUT2D eigenvalue weighted by atomic mass is 35.5. The molecule has 0 amide bonds. The van der Waals surface area contributed by atoms with Crippen molar-refractivity contribution in [2.45, 2.75) is 19.0 Å². The molecule has 0 atom stereocenters. The summed E-state index contributed by atoms with van der Waals surface area (Å²) in [5, 5.41) is 0. The Morgan fingerprint density at radius 3 is 2.50 bits per heavy atom. The third-order valence-corrected chi connectivity index (χ3v) is 3.42. The Hall–Kier alpha value is -1.43. The molecule has 1 saturated heterocycles. The maximum absolute atomic E-state index is 12.8. The Labute approximate surface area is 120 Å². The molecule has 1 aliphatic rings. The van der Waals surface area contributed by atoms with E-state index in [2.05, 4.69) is 4.99 Å². The fourth-order valence-electron chi connectivity index (χ4n) is 2.20. The average molecular weight is 306 g/mol. The van der Waals surface area contributed by atoms with E-state index < -0.39 is 11.7 Å². The van der Waals surface area contributed by atoms with E-state index in [0.717, 1.165) is 38.1 Å². The van der Waals surface area contributed by atoms with Gasteiger partial charge in [0.15, 0.2) is 0 Å². The number of aliphatic imine (C=N–C) groups is 1. The lowest BCUT2D eigenvalue weighted by molar-refractivity contribution is -0.137. The number of nitrogens with two attached hydrogens (primary N) is 1. The van der Waals surface area contributed by atoms with Crippen LogP contribution >= 0.6 is 11.6 Å². The lowest BCUT2D eigenvalue weighted by atomic mass is 10.1. The van der Waals surface area contributed by atoms with Gasteiger partial charge in [0.05, 0.1) is 22.8 Å². The predicted octanol–water partition coefficient (Wildman–Crippen LogP) is 3.53. The minimum Gasteiger partial charge on any atom is -0.386 e. The van der Waals surface area contributed by atoms with Crippen LogP contribution in [0.4, 0.5) is 24.5 Å². The van der Waals surface area contributed by atoms with E-state index in [4.69, 9.17) is 17.3 Å². The monoisotopic (exact) mass is 305 g/mol. The van der Waals surface area contributed by atoms with Gasteiger partial charge in [0.25, 0.3) is 0 Å². The molecule has 1 fully saturated rings. The van der Waals surface area contributed by atoms with Gasteiger partial charge in [-0.05, 0) is 31.0 Å². The summed E-state index contributed by atoms with van der Waals surface area (Å²) in [5.74, 6) is 0.0850. The van der Waals surface area contributed by atoms with Gasteiger partial charge in [-0.25, -0.2) is 4.99 Å². The average Bonchev–Trinajstić information content (AvgIpc) is 2.91. The van der Waals surface area contributed by atoms with Crippen LogP contribution in [0.3, 0.4) is 0 Å². The van der Waals surface area contributed by atoms with E-state index >= 15 is 0 Å². The van der Waals surface area contributed by atoms with Crippen molar-refractivity contribution in [3.8, 4) is 0 Å². The molecule has 2 rings (SSSR count). The molecule has 0 aromatic heterocycles. The van der Waals surface area contributed by atoms with Gasteiger partial charge in [0.2, 0.25) is 0 Å². The molecule has 110 valence electrons. The molecule has 0 radical (unpaired) electrons. The molecule has 0 unspecified atom stereocenters. The molecule has 1 aromatic rings. The van der Waals surface area contributed by atoms with E-state index in [9.17, 15) is 13.2 Å². The zero-order valence-corrected chi connectivity index (χ0v) is 11.5. The van der Waals surface area contributed by atoms with Crippen LogP contribution in [0.5, 0.6) is 0 Å². The van der Waals surface area contributed by atoms with Crippen LogP contribution in [0.25, 0.3) is 0 Å². The molecule has 1 aliphatic heterocycles. The smallest absolute Gasteiger partial charge is 0.386 e. The van der Waals surface area contributed by atoms with E-state index in [0.29, 0.717) is 5.69 Å². The first-order chi connectivity index (χ1) is 9.41. The highest BCUT2D eigenvalue weighted by Gasteiger charge is 2.31. The molecule has 7 heteroatoms. The number of amidine groups is 1. The van der Waals surface area contributed by atoms with Gasteiger partial charge in [-0.15, -0.1) is 11.6 Å². The molecular formula is C13H15ClF3N3. The number of anilines is 1. The van der Waals surface area contributed by atoms with Crippen molar-refractivity contribution in [1.29, 1.82) is 0 Å². The molecular weight excluding hydrogens is 291 g/mol. The second-order valence-corrected chi connectivity index (χ2v) is 4.90. The number of benzene rings is 1. The van der Waals surface area contributed by atoms with Crippen LogP contribution in [0.1, 0.15) is 18.4 Å². The summed E-state index contributed by atoms with van der Waals surface area (Å²) in [5.41, 5.74) is 5.71. The Morgan fingerprint density at radius 2 is 1.95 bits per heavy atom. The van der Waals surface area contributed by atoms with Crippen LogP contribution in [0.15, 0.2) is 23.2 Å². The number of hydrogen-bond acceptors (Lipinski definition) is 2. The van der Waals surface area contributed by atoms with E-state index in [1.165, 1.54) is 6.07 Å². The van der Waals surface area contributed by atoms with Gasteiger partial charge in [0.1, 0.15) is 5.84 Å². The first-order valence-corrected chi connectivity index (χ1v) is 6.80. The molecule has 20 heavy (non-hydrogen) atoms. The van der Waals surface area contributed by atoms with Crippen molar-refractivity contribution in [3.05, 3.63) is 23.8 Å². The lowest BCUT2D eigenvalue weighted by Crippen LogP contribution is -2.19. The summed E-state index contributed by atoms with van der Waals surface area (Å²) >= 11 is 5.55. The Balaban J connectivity index is 2.45. The Bertz CT molecular complexity index is 508. The second-order valence-electron chi connectivity index (χ2n) is 4.63. The molecule has 3 nitrogen and oxygen atoms in total. The van der Waals surface area contributed by atoms with Crippen LogP contribution < -0.4 is 10.6 Å². The molecule has 1 heterocycles. The Kier molecular flexibility index (Phi) is 4.42. The number of alkyl halides is 4. The van der Waals surface area contributed by atoms with Gasteiger partial charge in [0, 0.05) is 13.1 Å². The first kappa shape index (κ1) is 15.0. The zero-order chi connectivity index (χ0) is 14.8. The second kappa shape index (κ2) is 5.91. The van der Waals surface area contributed by atoms with E-state index in [1.54, 1.807) is 0 Å². The fraction of sp³-hybridized carbons (Fsp3) is 0.462. The van der Waals surface area contributed by atoms with Crippen molar-refractivity contribution in [2.24, 2.45) is 10.7 Å². The van der Waals surface area contributed by atoms with Crippen LogP contribution in [0.2, 0.25) is 0 Å². The number of rotatable bonds is 3. The van der Waals surface area contributed by atoms with Gasteiger partial charge >= 0.3 is 6.18 Å². The molecule has 1 aromatic carbocycles. The van der Waals surface area contributed by atoms with E-state index in [-0.39, 0.29) is 17.4 Å². The quantitative estimate of drug-likeness (QED) is 0.527. The zero-order valence-electron chi connectivity index (χ0n) is 10.8. The summed E-state index contributed by atoms with van der Waals surface area (Å²) in [4.78, 5) is 6.03. The van der Waals surface area contributed by atoms with Crippen molar-refractivity contribution in [2.75, 3.05) is 23.9 Å².